The van der Waals surface area contributed by atoms with E-state index in [-0.39, 0.29) is 30.0 Å². The van der Waals surface area contributed by atoms with Gasteiger partial charge in [-0.2, -0.15) is 0 Å². The molecule has 0 spiro atoms. The zero-order valence-corrected chi connectivity index (χ0v) is 17.0. The Bertz CT molecular complexity index is 459. The Kier molecular flexibility index (Phi) is 8.98. The van der Waals surface area contributed by atoms with Crippen LogP contribution in [-0.2, 0) is 0 Å². The lowest BCUT2D eigenvalue weighted by Crippen LogP contribution is -2.40. The summed E-state index contributed by atoms with van der Waals surface area (Å²) in [5.41, 5.74) is 0. The second kappa shape index (κ2) is 10.2. The normalized spacial score (nSPS) is 21.7. The third-order valence-corrected chi connectivity index (χ3v) is 4.32. The molecule has 0 saturated heterocycles. The Hall–Kier alpha value is -0.760. The molecule has 0 aromatic carbocycles. The number of hydrogen-bond acceptors (Lipinski definition) is 3. The van der Waals surface area contributed by atoms with Crippen LogP contribution in [0.4, 0.5) is 0 Å². The lowest BCUT2D eigenvalue weighted by Gasteiger charge is -2.27. The van der Waals surface area contributed by atoms with E-state index in [0.717, 1.165) is 37.3 Å². The number of halogens is 1. The van der Waals surface area contributed by atoms with Crippen molar-refractivity contribution in [2.45, 2.75) is 46.2 Å². The predicted octanol–water partition coefficient (Wildman–Crippen LogP) is 3.24. The molecule has 6 heteroatoms. The quantitative estimate of drug-likeness (QED) is 0.375. The van der Waals surface area contributed by atoms with E-state index < -0.39 is 0 Å². The number of furan rings is 1. The summed E-state index contributed by atoms with van der Waals surface area (Å²) in [6.07, 6.45) is 2.98. The number of likely N-dealkylation sites (N-methyl/N-ethyl adjacent to an activating group) is 1. The van der Waals surface area contributed by atoms with Gasteiger partial charge in [-0.15, -0.1) is 24.0 Å². The second-order valence-corrected chi connectivity index (χ2v) is 5.94. The maximum Gasteiger partial charge on any atom is 0.191 e. The fourth-order valence-corrected chi connectivity index (χ4v) is 2.73. The van der Waals surface area contributed by atoms with Gasteiger partial charge < -0.3 is 15.1 Å². The van der Waals surface area contributed by atoms with Crippen LogP contribution < -0.4 is 10.6 Å². The molecule has 1 aromatic rings. The van der Waals surface area contributed by atoms with E-state index >= 15 is 0 Å². The Balaban J connectivity index is 0.00000264. The van der Waals surface area contributed by atoms with Gasteiger partial charge in [0, 0.05) is 12.6 Å². The number of aliphatic imine (C=N–C) groups is 1. The van der Waals surface area contributed by atoms with Crippen molar-refractivity contribution in [1.82, 2.24) is 15.5 Å². The first-order valence-corrected chi connectivity index (χ1v) is 8.51. The SMILES string of the molecule is CCNC(=NCC(c1ccco1)N(CC)CC)NC1CC1C.I. The summed E-state index contributed by atoms with van der Waals surface area (Å²) in [7, 11) is 0. The number of nitrogens with one attached hydrogen (secondary N) is 2. The highest BCUT2D eigenvalue weighted by atomic mass is 127. The number of hydrogen-bond donors (Lipinski definition) is 2. The Labute approximate surface area is 157 Å². The summed E-state index contributed by atoms with van der Waals surface area (Å²) in [5.74, 6) is 2.66. The highest BCUT2D eigenvalue weighted by Gasteiger charge is 2.33. The maximum atomic E-state index is 5.63. The van der Waals surface area contributed by atoms with Crippen LogP contribution in [0, 0.1) is 5.92 Å². The van der Waals surface area contributed by atoms with Crippen molar-refractivity contribution in [2.75, 3.05) is 26.2 Å². The number of nitrogens with zero attached hydrogens (tertiary/aromatic N) is 2. The van der Waals surface area contributed by atoms with Gasteiger partial charge in [0.1, 0.15) is 5.76 Å². The van der Waals surface area contributed by atoms with Gasteiger partial charge in [-0.1, -0.05) is 20.8 Å². The molecule has 5 nitrogen and oxygen atoms in total. The van der Waals surface area contributed by atoms with Crippen LogP contribution in [0.2, 0.25) is 0 Å². The monoisotopic (exact) mass is 434 g/mol. The molecule has 2 N–H and O–H groups in total. The molecule has 0 bridgehead atoms. The van der Waals surface area contributed by atoms with Crippen LogP contribution in [0.15, 0.2) is 27.8 Å². The molecule has 0 radical (unpaired) electrons. The fraction of sp³-hybridized carbons (Fsp3) is 0.706. The average Bonchev–Trinajstić information content (AvgIpc) is 2.99. The lowest BCUT2D eigenvalue weighted by molar-refractivity contribution is 0.198. The third kappa shape index (κ3) is 5.99. The van der Waals surface area contributed by atoms with Crippen LogP contribution >= 0.6 is 24.0 Å². The smallest absolute Gasteiger partial charge is 0.191 e. The average molecular weight is 434 g/mol. The van der Waals surface area contributed by atoms with E-state index in [1.807, 2.05) is 12.1 Å². The zero-order chi connectivity index (χ0) is 15.9. The summed E-state index contributed by atoms with van der Waals surface area (Å²) in [6, 6.07) is 4.76. The summed E-state index contributed by atoms with van der Waals surface area (Å²) >= 11 is 0. The summed E-state index contributed by atoms with van der Waals surface area (Å²) < 4.78 is 5.63. The Morgan fingerprint density at radius 1 is 1.39 bits per heavy atom. The highest BCUT2D eigenvalue weighted by Crippen LogP contribution is 2.29. The molecule has 3 unspecified atom stereocenters. The maximum absolute atomic E-state index is 5.63. The van der Waals surface area contributed by atoms with Crippen molar-refractivity contribution in [2.24, 2.45) is 10.9 Å². The minimum atomic E-state index is 0. The van der Waals surface area contributed by atoms with Gasteiger partial charge in [0.05, 0.1) is 18.8 Å². The second-order valence-electron chi connectivity index (χ2n) is 5.94. The van der Waals surface area contributed by atoms with E-state index in [1.165, 1.54) is 6.42 Å². The summed E-state index contributed by atoms with van der Waals surface area (Å²) in [4.78, 5) is 7.17. The third-order valence-electron chi connectivity index (χ3n) is 4.32. The zero-order valence-electron chi connectivity index (χ0n) is 14.7. The number of guanidine groups is 1. The topological polar surface area (TPSA) is 52.8 Å². The molecule has 1 fully saturated rings. The van der Waals surface area contributed by atoms with E-state index in [9.17, 15) is 0 Å². The van der Waals surface area contributed by atoms with Crippen LogP contribution in [0.5, 0.6) is 0 Å². The molecule has 1 aliphatic carbocycles. The van der Waals surface area contributed by atoms with Gasteiger partial charge >= 0.3 is 0 Å². The van der Waals surface area contributed by atoms with Crippen molar-refractivity contribution in [3.05, 3.63) is 24.2 Å². The molecular weight excluding hydrogens is 403 g/mol. The van der Waals surface area contributed by atoms with Gasteiger partial charge in [-0.3, -0.25) is 9.89 Å². The molecular formula is C17H31IN4O. The van der Waals surface area contributed by atoms with Crippen LogP contribution in [0.3, 0.4) is 0 Å². The van der Waals surface area contributed by atoms with Gasteiger partial charge in [0.2, 0.25) is 0 Å². The van der Waals surface area contributed by atoms with Gasteiger partial charge in [-0.05, 0) is 44.5 Å². The van der Waals surface area contributed by atoms with Gasteiger partial charge in [0.15, 0.2) is 5.96 Å². The molecule has 0 amide bonds. The standard InChI is InChI=1S/C17H30N4O.HI/c1-5-18-17(20-14-11-13(14)4)19-12-15(21(6-2)7-3)16-9-8-10-22-16;/h8-10,13-15H,5-7,11-12H2,1-4H3,(H2,18,19,20);1H. The van der Waals surface area contributed by atoms with Crippen molar-refractivity contribution in [3.8, 4) is 0 Å². The molecule has 2 rings (SSSR count). The molecule has 1 aliphatic rings. The van der Waals surface area contributed by atoms with Crippen molar-refractivity contribution in [3.63, 3.8) is 0 Å². The van der Waals surface area contributed by atoms with Crippen LogP contribution in [0.25, 0.3) is 0 Å². The van der Waals surface area contributed by atoms with E-state index in [0.29, 0.717) is 12.6 Å². The molecule has 1 saturated carbocycles. The van der Waals surface area contributed by atoms with E-state index in [1.54, 1.807) is 6.26 Å². The highest BCUT2D eigenvalue weighted by molar-refractivity contribution is 14.0. The summed E-state index contributed by atoms with van der Waals surface area (Å²) in [5, 5.41) is 6.85. The summed E-state index contributed by atoms with van der Waals surface area (Å²) in [6.45, 7) is 12.3. The lowest BCUT2D eigenvalue weighted by atomic mass is 10.2. The molecule has 1 heterocycles. The Morgan fingerprint density at radius 3 is 2.57 bits per heavy atom. The first kappa shape index (κ1) is 20.3. The van der Waals surface area contributed by atoms with Crippen molar-refractivity contribution < 1.29 is 4.42 Å². The minimum absolute atomic E-state index is 0. The van der Waals surface area contributed by atoms with E-state index in [4.69, 9.17) is 9.41 Å². The van der Waals surface area contributed by atoms with Crippen molar-refractivity contribution in [1.29, 1.82) is 0 Å². The molecule has 23 heavy (non-hydrogen) atoms. The number of rotatable bonds is 8. The largest absolute Gasteiger partial charge is 0.468 e. The van der Waals surface area contributed by atoms with Gasteiger partial charge in [0.25, 0.3) is 0 Å². The fourth-order valence-electron chi connectivity index (χ4n) is 2.73. The molecule has 0 aliphatic heterocycles. The van der Waals surface area contributed by atoms with Crippen LogP contribution in [0.1, 0.15) is 45.9 Å². The minimum Gasteiger partial charge on any atom is -0.468 e. The molecule has 3 atom stereocenters. The Morgan fingerprint density at radius 2 is 2.09 bits per heavy atom. The molecule has 132 valence electrons. The molecule has 1 aromatic heterocycles. The van der Waals surface area contributed by atoms with Gasteiger partial charge in [-0.25, -0.2) is 0 Å². The predicted molar refractivity (Wildman–Crippen MR) is 106 cm³/mol. The van der Waals surface area contributed by atoms with Crippen molar-refractivity contribution >= 4 is 29.9 Å². The van der Waals surface area contributed by atoms with Crippen LogP contribution in [-0.4, -0.2) is 43.1 Å². The first-order chi connectivity index (χ1) is 10.7. The first-order valence-electron chi connectivity index (χ1n) is 8.51. The van der Waals surface area contributed by atoms with E-state index in [2.05, 4.69) is 43.2 Å².